The van der Waals surface area contributed by atoms with E-state index in [4.69, 9.17) is 9.47 Å². The summed E-state index contributed by atoms with van der Waals surface area (Å²) in [6, 6.07) is 3.95. The van der Waals surface area contributed by atoms with Gasteiger partial charge in [-0.1, -0.05) is 15.9 Å². The zero-order valence-electron chi connectivity index (χ0n) is 7.85. The van der Waals surface area contributed by atoms with Crippen LogP contribution >= 0.6 is 15.9 Å². The highest BCUT2D eigenvalue weighted by Crippen LogP contribution is 2.43. The van der Waals surface area contributed by atoms with Gasteiger partial charge in [0.2, 0.25) is 5.79 Å². The maximum atomic E-state index is 5.64. The molecule has 0 saturated heterocycles. The number of hydrogen-bond donors (Lipinski definition) is 0. The Morgan fingerprint density at radius 3 is 2.62 bits per heavy atom. The molecule has 70 valence electrons. The Kier molecular flexibility index (Phi) is 1.80. The molecule has 1 aliphatic rings. The van der Waals surface area contributed by atoms with E-state index >= 15 is 0 Å². The van der Waals surface area contributed by atoms with E-state index in [1.54, 1.807) is 0 Å². The van der Waals surface area contributed by atoms with Gasteiger partial charge >= 0.3 is 0 Å². The van der Waals surface area contributed by atoms with Crippen molar-refractivity contribution in [1.29, 1.82) is 0 Å². The summed E-state index contributed by atoms with van der Waals surface area (Å²) in [5.74, 6) is 1.14. The van der Waals surface area contributed by atoms with Crippen LogP contribution in [0, 0.1) is 6.92 Å². The molecule has 1 aromatic rings. The monoisotopic (exact) mass is 242 g/mol. The topological polar surface area (TPSA) is 18.5 Å². The fourth-order valence-electron chi connectivity index (χ4n) is 1.44. The van der Waals surface area contributed by atoms with Crippen LogP contribution in [0.25, 0.3) is 0 Å². The number of hydrogen-bond acceptors (Lipinski definition) is 2. The number of rotatable bonds is 0. The highest BCUT2D eigenvalue weighted by molar-refractivity contribution is 9.10. The van der Waals surface area contributed by atoms with E-state index in [0.717, 1.165) is 21.5 Å². The van der Waals surface area contributed by atoms with Crippen molar-refractivity contribution in [3.63, 3.8) is 0 Å². The number of benzene rings is 1. The van der Waals surface area contributed by atoms with Crippen LogP contribution in [0.4, 0.5) is 0 Å². The molecule has 0 saturated carbocycles. The number of ether oxygens (including phenoxy) is 2. The molecule has 0 aromatic heterocycles. The fraction of sp³-hybridized carbons (Fsp3) is 0.400. The van der Waals surface area contributed by atoms with Crippen molar-refractivity contribution >= 4 is 15.9 Å². The van der Waals surface area contributed by atoms with E-state index in [9.17, 15) is 0 Å². The molecule has 1 aromatic carbocycles. The maximum absolute atomic E-state index is 5.64. The lowest BCUT2D eigenvalue weighted by molar-refractivity contribution is -0.0434. The van der Waals surface area contributed by atoms with Gasteiger partial charge in [0, 0.05) is 18.3 Å². The largest absolute Gasteiger partial charge is 0.449 e. The maximum Gasteiger partial charge on any atom is 0.246 e. The molecule has 0 atom stereocenters. The van der Waals surface area contributed by atoms with Crippen molar-refractivity contribution in [1.82, 2.24) is 0 Å². The molecule has 0 bridgehead atoms. The molecule has 0 unspecified atom stereocenters. The predicted octanol–water partition coefficient (Wildman–Crippen LogP) is 3.26. The quantitative estimate of drug-likeness (QED) is 0.696. The Labute approximate surface area is 86.0 Å². The normalized spacial score (nSPS) is 17.5. The molecular weight excluding hydrogens is 232 g/mol. The van der Waals surface area contributed by atoms with Gasteiger partial charge in [-0.3, -0.25) is 0 Å². The average Bonchev–Trinajstić information content (AvgIpc) is 2.23. The molecule has 0 aliphatic carbocycles. The Morgan fingerprint density at radius 1 is 1.23 bits per heavy atom. The lowest BCUT2D eigenvalue weighted by Gasteiger charge is -2.16. The first kappa shape index (κ1) is 8.88. The molecule has 1 heterocycles. The molecule has 3 heteroatoms. The number of halogens is 1. The zero-order chi connectivity index (χ0) is 9.64. The summed E-state index contributed by atoms with van der Waals surface area (Å²) in [5.41, 5.74) is 1.09. The first-order chi connectivity index (χ1) is 5.98. The zero-order valence-corrected chi connectivity index (χ0v) is 9.44. The van der Waals surface area contributed by atoms with Crippen molar-refractivity contribution in [2.24, 2.45) is 0 Å². The van der Waals surface area contributed by atoms with Gasteiger partial charge in [-0.2, -0.15) is 0 Å². The summed E-state index contributed by atoms with van der Waals surface area (Å²) in [5, 5.41) is 0. The molecule has 0 fully saturated rings. The standard InChI is InChI=1S/C10H11BrO2/c1-6-4-7(11)5-8-9(6)13-10(2,3)12-8/h4-5H,1-3H3. The van der Waals surface area contributed by atoms with Gasteiger partial charge in [-0.05, 0) is 24.6 Å². The summed E-state index contributed by atoms with van der Waals surface area (Å²) in [6.45, 7) is 5.81. The van der Waals surface area contributed by atoms with Gasteiger partial charge in [0.1, 0.15) is 0 Å². The third-order valence-corrected chi connectivity index (χ3v) is 2.37. The van der Waals surface area contributed by atoms with Gasteiger partial charge in [0.25, 0.3) is 0 Å². The molecule has 0 N–H and O–H groups in total. The minimum Gasteiger partial charge on any atom is -0.449 e. The van der Waals surface area contributed by atoms with E-state index in [1.807, 2.05) is 32.9 Å². The molecule has 13 heavy (non-hydrogen) atoms. The molecule has 1 aliphatic heterocycles. The van der Waals surface area contributed by atoms with Crippen LogP contribution in [0.5, 0.6) is 11.5 Å². The molecule has 0 radical (unpaired) electrons. The third kappa shape index (κ3) is 1.53. The van der Waals surface area contributed by atoms with Crippen molar-refractivity contribution in [2.75, 3.05) is 0 Å². The summed E-state index contributed by atoms with van der Waals surface area (Å²) < 4.78 is 12.3. The summed E-state index contributed by atoms with van der Waals surface area (Å²) >= 11 is 3.42. The second-order valence-electron chi connectivity index (χ2n) is 3.65. The van der Waals surface area contributed by atoms with Gasteiger partial charge in [0.05, 0.1) is 0 Å². The second kappa shape index (κ2) is 2.64. The predicted molar refractivity (Wildman–Crippen MR) is 54.2 cm³/mol. The highest BCUT2D eigenvalue weighted by atomic mass is 79.9. The lowest BCUT2D eigenvalue weighted by Crippen LogP contribution is -2.29. The summed E-state index contributed by atoms with van der Waals surface area (Å²) in [7, 11) is 0. The number of aryl methyl sites for hydroxylation is 1. The Morgan fingerprint density at radius 2 is 1.92 bits per heavy atom. The minimum atomic E-state index is -0.534. The van der Waals surface area contributed by atoms with E-state index < -0.39 is 5.79 Å². The Bertz CT molecular complexity index is 358. The minimum absolute atomic E-state index is 0.534. The first-order valence-electron chi connectivity index (χ1n) is 4.16. The van der Waals surface area contributed by atoms with Gasteiger partial charge in [0.15, 0.2) is 11.5 Å². The van der Waals surface area contributed by atoms with Gasteiger partial charge in [-0.25, -0.2) is 0 Å². The van der Waals surface area contributed by atoms with Crippen molar-refractivity contribution in [3.05, 3.63) is 22.2 Å². The van der Waals surface area contributed by atoms with Gasteiger partial charge in [-0.15, -0.1) is 0 Å². The highest BCUT2D eigenvalue weighted by Gasteiger charge is 2.32. The SMILES string of the molecule is Cc1cc(Br)cc2c1OC(C)(C)O2. The Hall–Kier alpha value is -0.700. The molecule has 0 spiro atoms. The van der Waals surface area contributed by atoms with Crippen LogP contribution in [-0.2, 0) is 0 Å². The first-order valence-corrected chi connectivity index (χ1v) is 4.95. The smallest absolute Gasteiger partial charge is 0.246 e. The van der Waals surface area contributed by atoms with Gasteiger partial charge < -0.3 is 9.47 Å². The van der Waals surface area contributed by atoms with Crippen molar-refractivity contribution in [2.45, 2.75) is 26.6 Å². The van der Waals surface area contributed by atoms with Crippen LogP contribution in [-0.4, -0.2) is 5.79 Å². The fourth-order valence-corrected chi connectivity index (χ4v) is 1.99. The van der Waals surface area contributed by atoms with Crippen molar-refractivity contribution in [3.8, 4) is 11.5 Å². The van der Waals surface area contributed by atoms with Crippen LogP contribution in [0.2, 0.25) is 0 Å². The second-order valence-corrected chi connectivity index (χ2v) is 4.57. The molecule has 2 nitrogen and oxygen atoms in total. The molecule has 2 rings (SSSR count). The Balaban J connectivity index is 2.52. The van der Waals surface area contributed by atoms with Crippen LogP contribution < -0.4 is 9.47 Å². The van der Waals surface area contributed by atoms with E-state index in [-0.39, 0.29) is 0 Å². The lowest BCUT2D eigenvalue weighted by atomic mass is 10.2. The van der Waals surface area contributed by atoms with E-state index in [0.29, 0.717) is 0 Å². The van der Waals surface area contributed by atoms with Crippen LogP contribution in [0.15, 0.2) is 16.6 Å². The number of fused-ring (bicyclic) bond motifs is 1. The van der Waals surface area contributed by atoms with Crippen LogP contribution in [0.1, 0.15) is 19.4 Å². The third-order valence-electron chi connectivity index (χ3n) is 1.91. The summed E-state index contributed by atoms with van der Waals surface area (Å²) in [6.07, 6.45) is 0. The van der Waals surface area contributed by atoms with Crippen LogP contribution in [0.3, 0.4) is 0 Å². The molecule has 0 amide bonds. The van der Waals surface area contributed by atoms with E-state index in [2.05, 4.69) is 15.9 Å². The average molecular weight is 243 g/mol. The van der Waals surface area contributed by atoms with E-state index in [1.165, 1.54) is 0 Å². The summed E-state index contributed by atoms with van der Waals surface area (Å²) in [4.78, 5) is 0. The van der Waals surface area contributed by atoms with Crippen molar-refractivity contribution < 1.29 is 9.47 Å². The molecular formula is C10H11BrO2.